The van der Waals surface area contributed by atoms with Gasteiger partial charge in [0.05, 0.1) is 11.8 Å². The fourth-order valence-corrected chi connectivity index (χ4v) is 5.21. The number of hydrogen-bond donors (Lipinski definition) is 2. The number of fused-ring (bicyclic) bond motifs is 5. The monoisotopic (exact) mass is 427 g/mol. The van der Waals surface area contributed by atoms with Gasteiger partial charge in [0.15, 0.2) is 6.61 Å². The maximum Gasteiger partial charge on any atom is 0.329 e. The van der Waals surface area contributed by atoms with Crippen LogP contribution in [0.1, 0.15) is 33.1 Å². The van der Waals surface area contributed by atoms with Crippen LogP contribution >= 0.6 is 0 Å². The minimum absolute atomic E-state index is 0.205. The van der Waals surface area contributed by atoms with Gasteiger partial charge >= 0.3 is 5.97 Å². The lowest BCUT2D eigenvalue weighted by Crippen LogP contribution is -2.45. The Labute approximate surface area is 179 Å². The van der Waals surface area contributed by atoms with Gasteiger partial charge in [-0.1, -0.05) is 0 Å². The molecule has 9 nitrogen and oxygen atoms in total. The summed E-state index contributed by atoms with van der Waals surface area (Å²) in [5.74, 6) is -2.23. The van der Waals surface area contributed by atoms with Crippen LogP contribution < -0.4 is 10.6 Å². The van der Waals surface area contributed by atoms with Crippen molar-refractivity contribution < 1.29 is 28.7 Å². The van der Waals surface area contributed by atoms with E-state index in [1.54, 1.807) is 24.3 Å². The molecule has 2 N–H and O–H groups in total. The van der Waals surface area contributed by atoms with Crippen LogP contribution in [-0.4, -0.2) is 47.1 Å². The van der Waals surface area contributed by atoms with E-state index in [4.69, 9.17) is 4.74 Å². The van der Waals surface area contributed by atoms with E-state index in [-0.39, 0.29) is 41.4 Å². The maximum atomic E-state index is 12.8. The number of carbonyl (C=O) groups is 5. The first-order valence-electron chi connectivity index (χ1n) is 10.5. The predicted octanol–water partition coefficient (Wildman–Crippen LogP) is 1.55. The molecular formula is C22H25N3O6. The molecule has 1 saturated heterocycles. The van der Waals surface area contributed by atoms with E-state index >= 15 is 0 Å². The average molecular weight is 427 g/mol. The zero-order chi connectivity index (χ0) is 22.3. The largest absolute Gasteiger partial charge is 0.454 e. The zero-order valence-corrected chi connectivity index (χ0v) is 17.4. The number of likely N-dealkylation sites (tertiary alicyclic amines) is 1. The number of imide groups is 1. The highest BCUT2D eigenvalue weighted by molar-refractivity contribution is 6.08. The number of nitrogens with one attached hydrogen (secondary N) is 2. The van der Waals surface area contributed by atoms with Gasteiger partial charge in [-0.15, -0.1) is 0 Å². The summed E-state index contributed by atoms with van der Waals surface area (Å²) in [5.41, 5.74) is 1.06. The van der Waals surface area contributed by atoms with Crippen LogP contribution in [0.5, 0.6) is 0 Å². The molecule has 5 atom stereocenters. The highest BCUT2D eigenvalue weighted by Gasteiger charge is 2.62. The first-order valence-corrected chi connectivity index (χ1v) is 10.5. The molecule has 0 radical (unpaired) electrons. The highest BCUT2D eigenvalue weighted by Crippen LogP contribution is 2.56. The fourth-order valence-electron chi connectivity index (χ4n) is 5.21. The maximum absolute atomic E-state index is 12.8. The Bertz CT molecular complexity index is 915. The van der Waals surface area contributed by atoms with Gasteiger partial charge in [0.1, 0.15) is 6.04 Å². The number of rotatable bonds is 6. The van der Waals surface area contributed by atoms with E-state index < -0.39 is 24.5 Å². The molecule has 164 valence electrons. The SMILES string of the molecule is CC(=O)Nc1ccc(NC(=O)COC(=O)[C@H](C)N2C(=O)[C@H]3[C@H]4CC[C@@H](C4)[C@@H]3C2=O)cc1. The van der Waals surface area contributed by atoms with Crippen LogP contribution in [0.15, 0.2) is 24.3 Å². The van der Waals surface area contributed by atoms with E-state index in [0.717, 1.165) is 24.2 Å². The van der Waals surface area contributed by atoms with Crippen LogP contribution in [0.4, 0.5) is 11.4 Å². The smallest absolute Gasteiger partial charge is 0.329 e. The third-order valence-electron chi connectivity index (χ3n) is 6.52. The van der Waals surface area contributed by atoms with Crippen LogP contribution in [0.2, 0.25) is 0 Å². The van der Waals surface area contributed by atoms with Gasteiger partial charge in [-0.2, -0.15) is 0 Å². The second kappa shape index (κ2) is 8.13. The van der Waals surface area contributed by atoms with E-state index in [2.05, 4.69) is 10.6 Å². The molecule has 0 aromatic heterocycles. The predicted molar refractivity (Wildman–Crippen MR) is 109 cm³/mol. The van der Waals surface area contributed by atoms with Crippen LogP contribution in [0.3, 0.4) is 0 Å². The Hall–Kier alpha value is -3.23. The number of benzene rings is 1. The van der Waals surface area contributed by atoms with Gasteiger partial charge in [0.25, 0.3) is 5.91 Å². The summed E-state index contributed by atoms with van der Waals surface area (Å²) in [5, 5.41) is 5.19. The van der Waals surface area contributed by atoms with Gasteiger partial charge in [0.2, 0.25) is 17.7 Å². The molecule has 2 saturated carbocycles. The lowest BCUT2D eigenvalue weighted by Gasteiger charge is -2.23. The van der Waals surface area contributed by atoms with Crippen LogP contribution in [0, 0.1) is 23.7 Å². The van der Waals surface area contributed by atoms with Crippen molar-refractivity contribution >= 4 is 41.0 Å². The number of hydrogen-bond acceptors (Lipinski definition) is 6. The van der Waals surface area contributed by atoms with Crippen molar-refractivity contribution in [2.24, 2.45) is 23.7 Å². The molecule has 3 aliphatic rings. The van der Waals surface area contributed by atoms with Gasteiger partial charge in [-0.25, -0.2) is 4.79 Å². The van der Waals surface area contributed by atoms with Crippen molar-refractivity contribution in [1.82, 2.24) is 4.90 Å². The van der Waals surface area contributed by atoms with Crippen LogP contribution in [-0.2, 0) is 28.7 Å². The third-order valence-corrected chi connectivity index (χ3v) is 6.52. The zero-order valence-electron chi connectivity index (χ0n) is 17.4. The van der Waals surface area contributed by atoms with Gasteiger partial charge in [-0.05, 0) is 62.3 Å². The van der Waals surface area contributed by atoms with Crippen molar-refractivity contribution in [2.75, 3.05) is 17.2 Å². The minimum atomic E-state index is -1.06. The Balaban J connectivity index is 1.29. The Kier molecular flexibility index (Phi) is 5.51. The van der Waals surface area contributed by atoms with Crippen molar-refractivity contribution in [3.8, 4) is 0 Å². The number of esters is 1. The van der Waals surface area contributed by atoms with Crippen LogP contribution in [0.25, 0.3) is 0 Å². The van der Waals surface area contributed by atoms with E-state index in [0.29, 0.717) is 11.4 Å². The first-order chi connectivity index (χ1) is 14.8. The van der Waals surface area contributed by atoms with E-state index in [1.165, 1.54) is 13.8 Å². The molecule has 1 aliphatic heterocycles. The standard InChI is InChI=1S/C22H25N3O6/c1-11(25-20(28)18-13-3-4-14(9-13)19(18)21(25)29)22(30)31-10-17(27)24-16-7-5-15(6-8-16)23-12(2)26/h5-8,11,13-14,18-19H,3-4,9-10H2,1-2H3,(H,23,26)(H,24,27)/t11-,13-,14-,18-,19-/m0/s1. The fraction of sp³-hybridized carbons (Fsp3) is 0.500. The average Bonchev–Trinajstić information content (AvgIpc) is 3.40. The molecule has 3 fully saturated rings. The number of ether oxygens (including phenoxy) is 1. The molecule has 4 amide bonds. The summed E-state index contributed by atoms with van der Waals surface area (Å²) >= 11 is 0. The second-order valence-electron chi connectivity index (χ2n) is 8.52. The molecule has 9 heteroatoms. The van der Waals surface area contributed by atoms with Gasteiger partial charge in [0, 0.05) is 18.3 Å². The quantitative estimate of drug-likeness (QED) is 0.525. The lowest BCUT2D eigenvalue weighted by molar-refractivity contribution is -0.159. The lowest BCUT2D eigenvalue weighted by atomic mass is 9.81. The van der Waals surface area contributed by atoms with E-state index in [1.807, 2.05) is 0 Å². The van der Waals surface area contributed by atoms with Crippen molar-refractivity contribution in [3.05, 3.63) is 24.3 Å². The molecule has 1 heterocycles. The summed E-state index contributed by atoms with van der Waals surface area (Å²) in [7, 11) is 0. The summed E-state index contributed by atoms with van der Waals surface area (Å²) < 4.78 is 5.06. The Morgan fingerprint density at radius 3 is 2.03 bits per heavy atom. The number of anilines is 2. The number of amides is 4. The minimum Gasteiger partial charge on any atom is -0.454 e. The molecule has 2 aliphatic carbocycles. The molecule has 1 aromatic carbocycles. The number of carbonyl (C=O) groups excluding carboxylic acids is 5. The molecule has 2 bridgehead atoms. The Morgan fingerprint density at radius 1 is 1.00 bits per heavy atom. The van der Waals surface area contributed by atoms with Crippen molar-refractivity contribution in [1.29, 1.82) is 0 Å². The summed E-state index contributed by atoms with van der Waals surface area (Å²) in [4.78, 5) is 62.2. The van der Waals surface area contributed by atoms with E-state index in [9.17, 15) is 24.0 Å². The Morgan fingerprint density at radius 2 is 1.52 bits per heavy atom. The van der Waals surface area contributed by atoms with Gasteiger partial charge < -0.3 is 15.4 Å². The summed E-state index contributed by atoms with van der Waals surface area (Å²) in [6.45, 7) is 2.32. The molecule has 4 rings (SSSR count). The van der Waals surface area contributed by atoms with Gasteiger partial charge in [-0.3, -0.25) is 24.1 Å². The molecule has 0 spiro atoms. The molecule has 0 unspecified atom stereocenters. The number of nitrogens with zero attached hydrogens (tertiary/aromatic N) is 1. The summed E-state index contributed by atoms with van der Waals surface area (Å²) in [6.07, 6.45) is 2.85. The third kappa shape index (κ3) is 3.92. The highest BCUT2D eigenvalue weighted by atomic mass is 16.5. The first kappa shape index (κ1) is 21.0. The topological polar surface area (TPSA) is 122 Å². The summed E-state index contributed by atoms with van der Waals surface area (Å²) in [6, 6.07) is 5.39. The van der Waals surface area contributed by atoms with Crippen molar-refractivity contribution in [2.45, 2.75) is 39.2 Å². The second-order valence-corrected chi connectivity index (χ2v) is 8.52. The van der Waals surface area contributed by atoms with Crippen molar-refractivity contribution in [3.63, 3.8) is 0 Å². The molecule has 31 heavy (non-hydrogen) atoms. The molecular weight excluding hydrogens is 402 g/mol. The molecule has 1 aromatic rings. The normalized spacial score (nSPS) is 27.1.